The van der Waals surface area contributed by atoms with Gasteiger partial charge in [-0.2, -0.15) is 0 Å². The van der Waals surface area contributed by atoms with Crippen molar-refractivity contribution in [2.45, 2.75) is 32.6 Å². The van der Waals surface area contributed by atoms with Crippen LogP contribution in [0.3, 0.4) is 0 Å². The van der Waals surface area contributed by atoms with Gasteiger partial charge in [0.15, 0.2) is 0 Å². The van der Waals surface area contributed by atoms with Gasteiger partial charge in [0.1, 0.15) is 0 Å². The van der Waals surface area contributed by atoms with Crippen molar-refractivity contribution >= 4 is 34.5 Å². The summed E-state index contributed by atoms with van der Waals surface area (Å²) in [6, 6.07) is 0. The summed E-state index contributed by atoms with van der Waals surface area (Å²) in [5.74, 6) is 1.55. The zero-order chi connectivity index (χ0) is 11.5. The summed E-state index contributed by atoms with van der Waals surface area (Å²) >= 11 is 13.3. The van der Waals surface area contributed by atoms with E-state index in [2.05, 4.69) is 31.1 Å². The lowest BCUT2D eigenvalue weighted by Gasteiger charge is -2.14. The molecular weight excluding hydrogens is 249 g/mol. The number of hydrogen-bond acceptors (Lipinski definition) is 2. The molecule has 0 aliphatic heterocycles. The average Bonchev–Trinajstić information content (AvgIpc) is 2.61. The number of halogens is 2. The van der Waals surface area contributed by atoms with Gasteiger partial charge in [-0.25, -0.2) is 4.98 Å². The highest BCUT2D eigenvalue weighted by Gasteiger charge is 2.18. The zero-order valence-electron chi connectivity index (χ0n) is 9.39. The van der Waals surface area contributed by atoms with Crippen molar-refractivity contribution in [1.29, 1.82) is 0 Å². The van der Waals surface area contributed by atoms with Crippen LogP contribution in [0.15, 0.2) is 5.38 Å². The molecule has 0 aliphatic carbocycles. The number of hydrogen-bond donors (Lipinski definition) is 0. The van der Waals surface area contributed by atoms with Gasteiger partial charge < -0.3 is 0 Å². The summed E-state index contributed by atoms with van der Waals surface area (Å²) in [4.78, 5) is 4.62. The topological polar surface area (TPSA) is 12.9 Å². The molecule has 1 aromatic rings. The quantitative estimate of drug-likeness (QED) is 0.748. The molecule has 4 heteroatoms. The Hall–Kier alpha value is 0.210. The molecule has 1 heterocycles. The summed E-state index contributed by atoms with van der Waals surface area (Å²) in [7, 11) is 0. The van der Waals surface area contributed by atoms with E-state index in [-0.39, 0.29) is 5.41 Å². The second-order valence-corrected chi connectivity index (χ2v) is 6.32. The van der Waals surface area contributed by atoms with Crippen LogP contribution in [0.2, 0.25) is 0 Å². The maximum Gasteiger partial charge on any atom is 0.0932 e. The Kier molecular flexibility index (Phi) is 4.88. The van der Waals surface area contributed by atoms with E-state index < -0.39 is 0 Å². The molecule has 1 aromatic heterocycles. The van der Waals surface area contributed by atoms with Crippen molar-refractivity contribution in [1.82, 2.24) is 4.98 Å². The van der Waals surface area contributed by atoms with Crippen molar-refractivity contribution < 1.29 is 0 Å². The van der Waals surface area contributed by atoms with Crippen LogP contribution in [0.5, 0.6) is 0 Å². The van der Waals surface area contributed by atoms with Gasteiger partial charge in [-0.1, -0.05) is 20.8 Å². The molecule has 86 valence electrons. The highest BCUT2D eigenvalue weighted by molar-refractivity contribution is 7.09. The second kappa shape index (κ2) is 5.51. The summed E-state index contributed by atoms with van der Waals surface area (Å²) in [5.41, 5.74) is 1.29. The lowest BCUT2D eigenvalue weighted by atomic mass is 9.93. The minimum absolute atomic E-state index is 0.131. The highest BCUT2D eigenvalue weighted by Crippen LogP contribution is 2.25. The van der Waals surface area contributed by atoms with Crippen LogP contribution in [-0.4, -0.2) is 16.7 Å². The summed E-state index contributed by atoms with van der Waals surface area (Å²) in [5, 5.41) is 3.28. The first-order valence-electron chi connectivity index (χ1n) is 5.04. The zero-order valence-corrected chi connectivity index (χ0v) is 11.7. The fourth-order valence-corrected chi connectivity index (χ4v) is 2.83. The van der Waals surface area contributed by atoms with Crippen molar-refractivity contribution in [3.8, 4) is 0 Å². The molecule has 0 amide bonds. The number of nitrogens with zero attached hydrogens (tertiary/aromatic N) is 1. The third-order valence-corrected chi connectivity index (χ3v) is 3.96. The first-order chi connectivity index (χ1) is 6.97. The first kappa shape index (κ1) is 13.3. The molecule has 0 spiro atoms. The van der Waals surface area contributed by atoms with Crippen LogP contribution < -0.4 is 0 Å². The Bertz CT molecular complexity index is 300. The second-order valence-electron chi connectivity index (χ2n) is 4.76. The standard InChI is InChI=1S/C11H17Cl2NS/c1-11(2,3)9-7-15-10(14-9)4-8(5-12)6-13/h7-8H,4-6H2,1-3H3. The van der Waals surface area contributed by atoms with Crippen LogP contribution in [0.25, 0.3) is 0 Å². The molecular formula is C11H17Cl2NS. The maximum atomic E-state index is 5.81. The largest absolute Gasteiger partial charge is 0.246 e. The molecule has 15 heavy (non-hydrogen) atoms. The molecule has 1 rings (SSSR count). The maximum absolute atomic E-state index is 5.81. The van der Waals surface area contributed by atoms with Gasteiger partial charge >= 0.3 is 0 Å². The highest BCUT2D eigenvalue weighted by atomic mass is 35.5. The molecule has 0 aliphatic rings. The molecule has 0 N–H and O–H groups in total. The van der Waals surface area contributed by atoms with E-state index in [9.17, 15) is 0 Å². The summed E-state index contributed by atoms with van der Waals surface area (Å²) in [6.07, 6.45) is 0.897. The van der Waals surface area contributed by atoms with Crippen LogP contribution >= 0.6 is 34.5 Å². The van der Waals surface area contributed by atoms with Crippen LogP contribution in [-0.2, 0) is 11.8 Å². The van der Waals surface area contributed by atoms with Gasteiger partial charge in [0.05, 0.1) is 10.7 Å². The predicted octanol–water partition coefficient (Wildman–Crippen LogP) is 4.08. The Morgan fingerprint density at radius 1 is 1.33 bits per heavy atom. The van der Waals surface area contributed by atoms with E-state index >= 15 is 0 Å². The average molecular weight is 266 g/mol. The molecule has 0 aromatic carbocycles. The third-order valence-electron chi connectivity index (χ3n) is 2.22. The fraction of sp³-hybridized carbons (Fsp3) is 0.727. The van der Waals surface area contributed by atoms with E-state index in [4.69, 9.17) is 23.2 Å². The number of rotatable bonds is 4. The van der Waals surface area contributed by atoms with Crippen LogP contribution in [0.1, 0.15) is 31.5 Å². The van der Waals surface area contributed by atoms with E-state index in [1.807, 2.05) is 0 Å². The van der Waals surface area contributed by atoms with Gasteiger partial charge in [0, 0.05) is 29.0 Å². The monoisotopic (exact) mass is 265 g/mol. The van der Waals surface area contributed by atoms with Gasteiger partial charge in [-0.05, 0) is 5.92 Å². The molecule has 0 unspecified atom stereocenters. The van der Waals surface area contributed by atoms with Crippen molar-refractivity contribution in [3.63, 3.8) is 0 Å². The van der Waals surface area contributed by atoms with Gasteiger partial charge in [-0.3, -0.25) is 0 Å². The van der Waals surface area contributed by atoms with E-state index in [0.29, 0.717) is 17.7 Å². The van der Waals surface area contributed by atoms with E-state index in [0.717, 1.165) is 17.1 Å². The van der Waals surface area contributed by atoms with E-state index in [1.54, 1.807) is 11.3 Å². The lowest BCUT2D eigenvalue weighted by molar-refractivity contribution is 0.567. The Balaban J connectivity index is 2.68. The fourth-order valence-electron chi connectivity index (χ4n) is 1.15. The van der Waals surface area contributed by atoms with Crippen molar-refractivity contribution in [2.24, 2.45) is 5.92 Å². The number of aromatic nitrogens is 1. The normalized spacial score (nSPS) is 12.4. The molecule has 0 saturated heterocycles. The van der Waals surface area contributed by atoms with Crippen molar-refractivity contribution in [2.75, 3.05) is 11.8 Å². The molecule has 0 fully saturated rings. The van der Waals surface area contributed by atoms with Gasteiger partial charge in [0.2, 0.25) is 0 Å². The van der Waals surface area contributed by atoms with Gasteiger partial charge in [-0.15, -0.1) is 34.5 Å². The van der Waals surface area contributed by atoms with Crippen molar-refractivity contribution in [3.05, 3.63) is 16.1 Å². The molecule has 0 bridgehead atoms. The summed E-state index contributed by atoms with van der Waals surface area (Å²) in [6.45, 7) is 6.52. The number of alkyl halides is 2. The van der Waals surface area contributed by atoms with Crippen LogP contribution in [0.4, 0.5) is 0 Å². The summed E-state index contributed by atoms with van der Waals surface area (Å²) < 4.78 is 0. The first-order valence-corrected chi connectivity index (χ1v) is 6.99. The molecule has 0 radical (unpaired) electrons. The third kappa shape index (κ3) is 3.93. The predicted molar refractivity (Wildman–Crippen MR) is 69.4 cm³/mol. The van der Waals surface area contributed by atoms with Crippen LogP contribution in [0, 0.1) is 5.92 Å². The molecule has 0 atom stereocenters. The molecule has 0 saturated carbocycles. The Morgan fingerprint density at radius 2 is 1.93 bits per heavy atom. The lowest BCUT2D eigenvalue weighted by Crippen LogP contribution is -2.12. The Morgan fingerprint density at radius 3 is 2.33 bits per heavy atom. The van der Waals surface area contributed by atoms with E-state index in [1.165, 1.54) is 0 Å². The smallest absolute Gasteiger partial charge is 0.0932 e. The Labute approximate surface area is 106 Å². The van der Waals surface area contributed by atoms with Gasteiger partial charge in [0.25, 0.3) is 0 Å². The minimum Gasteiger partial charge on any atom is -0.246 e. The molecule has 1 nitrogen and oxygen atoms in total. The number of thiazole rings is 1. The minimum atomic E-state index is 0.131. The SMILES string of the molecule is CC(C)(C)c1csc(CC(CCl)CCl)n1.